The Morgan fingerprint density at radius 2 is 1.47 bits per heavy atom. The summed E-state index contributed by atoms with van der Waals surface area (Å²) in [5.41, 5.74) is 1.64. The highest BCUT2D eigenvalue weighted by atomic mass is 14.4. The lowest BCUT2D eigenvalue weighted by Gasteiger charge is -2.37. The molecule has 2 atom stereocenters. The van der Waals surface area contributed by atoms with Crippen LogP contribution in [0.25, 0.3) is 0 Å². The number of hydrogen-bond acceptors (Lipinski definition) is 0. The molecule has 0 N–H and O–H groups in total. The van der Waals surface area contributed by atoms with Gasteiger partial charge >= 0.3 is 0 Å². The van der Waals surface area contributed by atoms with Gasteiger partial charge in [0, 0.05) is 0 Å². The smallest absolute Gasteiger partial charge is 0.0140 e. The first kappa shape index (κ1) is 23.9. The molecular weight excluding hydrogens is 360 g/mol. The first-order valence-electron chi connectivity index (χ1n) is 13.7. The Hall–Kier alpha value is -0.780. The van der Waals surface area contributed by atoms with Crippen LogP contribution in [0.3, 0.4) is 0 Å². The van der Waals surface area contributed by atoms with Crippen LogP contribution in [0.1, 0.15) is 117 Å². The third kappa shape index (κ3) is 7.13. The van der Waals surface area contributed by atoms with Crippen LogP contribution >= 0.6 is 0 Å². The average molecular weight is 411 g/mol. The van der Waals surface area contributed by atoms with E-state index in [9.17, 15) is 0 Å². The molecule has 0 aromatic heterocycles. The Morgan fingerprint density at radius 3 is 2.17 bits per heavy atom. The molecule has 0 bridgehead atoms. The quantitative estimate of drug-likeness (QED) is 0.332. The molecule has 0 heterocycles. The first-order chi connectivity index (χ1) is 14.7. The molecule has 2 unspecified atom stereocenters. The lowest BCUT2D eigenvalue weighted by Crippen LogP contribution is -2.25. The topological polar surface area (TPSA) is 0 Å². The van der Waals surface area contributed by atoms with E-state index in [0.717, 1.165) is 35.5 Å². The van der Waals surface area contributed by atoms with Gasteiger partial charge in [0.05, 0.1) is 0 Å². The number of rotatable bonds is 9. The molecule has 0 spiro atoms. The second-order valence-corrected chi connectivity index (χ2v) is 10.9. The lowest BCUT2D eigenvalue weighted by atomic mass is 9.68. The maximum atomic E-state index is 4.71. The predicted octanol–water partition coefficient (Wildman–Crippen LogP) is 9.67. The van der Waals surface area contributed by atoms with Gasteiger partial charge in [-0.1, -0.05) is 69.1 Å². The van der Waals surface area contributed by atoms with Crippen molar-refractivity contribution in [2.24, 2.45) is 35.5 Å². The van der Waals surface area contributed by atoms with Crippen LogP contribution in [0.2, 0.25) is 0 Å². The Labute approximate surface area is 188 Å². The van der Waals surface area contributed by atoms with Crippen molar-refractivity contribution in [3.05, 3.63) is 36.5 Å². The summed E-state index contributed by atoms with van der Waals surface area (Å²) in [5, 5.41) is 0. The second kappa shape index (κ2) is 12.9. The maximum absolute atomic E-state index is 4.71. The fourth-order valence-corrected chi connectivity index (χ4v) is 6.93. The standard InChI is InChI=1S/C30H50/c1-4-10-25-16-18-27(19-17-25)12-6-7-13-29-14-8-9-15-30(29)24(3)28-22-20-26(11-5-2)21-23-28/h4,7,10,13,25-30H,3,5-6,8-9,11-12,14-23H2,1-2H3/b10-4+,13-7+. The summed E-state index contributed by atoms with van der Waals surface area (Å²) in [5.74, 6) is 5.24. The molecule has 0 radical (unpaired) electrons. The monoisotopic (exact) mass is 410 g/mol. The van der Waals surface area contributed by atoms with Gasteiger partial charge in [0.2, 0.25) is 0 Å². The zero-order valence-electron chi connectivity index (χ0n) is 20.3. The van der Waals surface area contributed by atoms with Gasteiger partial charge in [-0.2, -0.15) is 0 Å². The van der Waals surface area contributed by atoms with E-state index in [2.05, 4.69) is 38.2 Å². The van der Waals surface area contributed by atoms with E-state index in [-0.39, 0.29) is 0 Å². The van der Waals surface area contributed by atoms with Crippen LogP contribution in [-0.4, -0.2) is 0 Å². The fourth-order valence-electron chi connectivity index (χ4n) is 6.93. The summed E-state index contributed by atoms with van der Waals surface area (Å²) >= 11 is 0. The molecule has 0 nitrogen and oxygen atoms in total. The van der Waals surface area contributed by atoms with E-state index in [4.69, 9.17) is 6.58 Å². The number of allylic oxidation sites excluding steroid dienone is 5. The molecule has 3 aliphatic rings. The molecule has 170 valence electrons. The first-order valence-corrected chi connectivity index (χ1v) is 13.7. The molecule has 3 saturated carbocycles. The third-order valence-electron chi connectivity index (χ3n) is 8.84. The Bertz CT molecular complexity index is 536. The van der Waals surface area contributed by atoms with Gasteiger partial charge in [-0.25, -0.2) is 0 Å². The Morgan fingerprint density at radius 1 is 0.800 bits per heavy atom. The Balaban J connectivity index is 1.42. The number of hydrogen-bond donors (Lipinski definition) is 0. The molecule has 0 aromatic rings. The van der Waals surface area contributed by atoms with Crippen molar-refractivity contribution in [3.63, 3.8) is 0 Å². The summed E-state index contributed by atoms with van der Waals surface area (Å²) in [6.45, 7) is 9.22. The molecule has 0 amide bonds. The van der Waals surface area contributed by atoms with Gasteiger partial charge < -0.3 is 0 Å². The highest BCUT2D eigenvalue weighted by molar-refractivity contribution is 5.13. The van der Waals surface area contributed by atoms with Gasteiger partial charge in [0.1, 0.15) is 0 Å². The van der Waals surface area contributed by atoms with Gasteiger partial charge in [-0.05, 0) is 119 Å². The molecule has 0 aliphatic heterocycles. The van der Waals surface area contributed by atoms with Crippen molar-refractivity contribution < 1.29 is 0 Å². The summed E-state index contributed by atoms with van der Waals surface area (Å²) in [7, 11) is 0. The summed E-state index contributed by atoms with van der Waals surface area (Å²) < 4.78 is 0. The minimum Gasteiger partial charge on any atom is -0.0993 e. The average Bonchev–Trinajstić information content (AvgIpc) is 2.78. The van der Waals surface area contributed by atoms with Crippen molar-refractivity contribution in [1.82, 2.24) is 0 Å². The van der Waals surface area contributed by atoms with Gasteiger partial charge in [0.25, 0.3) is 0 Å². The third-order valence-corrected chi connectivity index (χ3v) is 8.84. The van der Waals surface area contributed by atoms with Crippen molar-refractivity contribution in [2.75, 3.05) is 0 Å². The summed E-state index contributed by atoms with van der Waals surface area (Å²) in [4.78, 5) is 0. The van der Waals surface area contributed by atoms with E-state index in [1.165, 1.54) is 103 Å². The van der Waals surface area contributed by atoms with Crippen molar-refractivity contribution >= 4 is 0 Å². The lowest BCUT2D eigenvalue weighted by molar-refractivity contribution is 0.244. The molecular formula is C30H50. The molecule has 3 rings (SSSR count). The van der Waals surface area contributed by atoms with Crippen LogP contribution in [0, 0.1) is 35.5 Å². The van der Waals surface area contributed by atoms with Crippen LogP contribution in [0.15, 0.2) is 36.5 Å². The predicted molar refractivity (Wildman–Crippen MR) is 134 cm³/mol. The second-order valence-electron chi connectivity index (χ2n) is 10.9. The molecule has 3 fully saturated rings. The van der Waals surface area contributed by atoms with Crippen LogP contribution in [0.5, 0.6) is 0 Å². The SMILES string of the molecule is C=C(C1CCC(CCC)CC1)C1CCCCC1/C=C/CCC1CCC(/C=C/C)CC1. The fraction of sp³-hybridized carbons (Fsp3) is 0.800. The van der Waals surface area contributed by atoms with Gasteiger partial charge in [0.15, 0.2) is 0 Å². The highest BCUT2D eigenvalue weighted by Gasteiger charge is 2.31. The molecule has 3 aliphatic carbocycles. The minimum atomic E-state index is 0.777. The van der Waals surface area contributed by atoms with E-state index in [0.29, 0.717) is 0 Å². The van der Waals surface area contributed by atoms with Gasteiger partial charge in [-0.15, -0.1) is 0 Å². The molecule has 0 aromatic carbocycles. The van der Waals surface area contributed by atoms with E-state index >= 15 is 0 Å². The zero-order chi connectivity index (χ0) is 21.2. The largest absolute Gasteiger partial charge is 0.0993 e. The highest BCUT2D eigenvalue weighted by Crippen LogP contribution is 2.43. The minimum absolute atomic E-state index is 0.777. The van der Waals surface area contributed by atoms with Crippen LogP contribution in [-0.2, 0) is 0 Å². The molecule has 0 heteroatoms. The van der Waals surface area contributed by atoms with Crippen molar-refractivity contribution in [1.29, 1.82) is 0 Å². The summed E-state index contributed by atoms with van der Waals surface area (Å²) in [6, 6.07) is 0. The van der Waals surface area contributed by atoms with Crippen LogP contribution < -0.4 is 0 Å². The Kier molecular flexibility index (Phi) is 10.3. The van der Waals surface area contributed by atoms with E-state index < -0.39 is 0 Å². The van der Waals surface area contributed by atoms with E-state index in [1.807, 2.05) is 0 Å². The summed E-state index contributed by atoms with van der Waals surface area (Å²) in [6.07, 6.45) is 32.6. The van der Waals surface area contributed by atoms with Gasteiger partial charge in [-0.3, -0.25) is 0 Å². The normalized spacial score (nSPS) is 35.8. The molecule has 0 saturated heterocycles. The zero-order valence-corrected chi connectivity index (χ0v) is 20.3. The van der Waals surface area contributed by atoms with Crippen LogP contribution in [0.4, 0.5) is 0 Å². The maximum Gasteiger partial charge on any atom is -0.0140 e. The van der Waals surface area contributed by atoms with E-state index in [1.54, 1.807) is 5.57 Å². The molecule has 30 heavy (non-hydrogen) atoms. The van der Waals surface area contributed by atoms with Crippen molar-refractivity contribution in [2.45, 2.75) is 117 Å². The van der Waals surface area contributed by atoms with Crippen molar-refractivity contribution in [3.8, 4) is 0 Å².